The summed E-state index contributed by atoms with van der Waals surface area (Å²) in [4.78, 5) is 9.73. The van der Waals surface area contributed by atoms with E-state index < -0.39 is 0 Å². The fraction of sp³-hybridized carbons (Fsp3) is 0.750. The Balaban J connectivity index is 3.16. The molecule has 0 saturated heterocycles. The highest BCUT2D eigenvalue weighted by atomic mass is 32.1. The van der Waals surface area contributed by atoms with Gasteiger partial charge in [-0.25, -0.2) is 0 Å². The molecule has 1 unspecified atom stereocenters. The molecule has 0 aromatic carbocycles. The summed E-state index contributed by atoms with van der Waals surface area (Å²) in [6.45, 7) is 0. The van der Waals surface area contributed by atoms with Crippen LogP contribution in [0.3, 0.4) is 0 Å². The maximum Gasteiger partial charge on any atom is 0.217 e. The average molecular weight is 118 g/mol. The Bertz CT molecular complexity index is 53.7. The van der Waals surface area contributed by atoms with Crippen LogP contribution in [0.2, 0.25) is 0 Å². The van der Waals surface area contributed by atoms with Crippen molar-refractivity contribution in [2.24, 2.45) is 0 Å². The fourth-order valence-corrected chi connectivity index (χ4v) is 0.445. The third-order valence-electron chi connectivity index (χ3n) is 0.673. The van der Waals surface area contributed by atoms with Crippen molar-refractivity contribution in [2.75, 3.05) is 12.8 Å². The lowest BCUT2D eigenvalue weighted by Crippen LogP contribution is -2.27. The zero-order valence-electron chi connectivity index (χ0n) is 4.14. The molecule has 3 heteroatoms. The van der Waals surface area contributed by atoms with E-state index in [2.05, 4.69) is 17.9 Å². The van der Waals surface area contributed by atoms with Crippen LogP contribution in [0.1, 0.15) is 0 Å². The van der Waals surface area contributed by atoms with E-state index in [1.807, 2.05) is 0 Å². The van der Waals surface area contributed by atoms with E-state index in [9.17, 15) is 4.79 Å². The molecule has 0 heterocycles. The maximum atomic E-state index is 9.73. The Morgan fingerprint density at radius 3 is 2.57 bits per heavy atom. The minimum Gasteiger partial charge on any atom is -0.309 e. The highest BCUT2D eigenvalue weighted by Crippen LogP contribution is 1.78. The second-order valence-electron chi connectivity index (χ2n) is 1.14. The van der Waals surface area contributed by atoms with Crippen LogP contribution in [-0.2, 0) is 4.79 Å². The van der Waals surface area contributed by atoms with Gasteiger partial charge in [0, 0.05) is 5.75 Å². The van der Waals surface area contributed by atoms with Gasteiger partial charge in [0.1, 0.15) is 0 Å². The number of nitrogens with one attached hydrogen (secondary N) is 1. The van der Waals surface area contributed by atoms with Gasteiger partial charge in [-0.15, -0.1) is 0 Å². The number of carbonyl (C=O) groups excluding carboxylic acids is 1. The van der Waals surface area contributed by atoms with E-state index in [-0.39, 0.29) is 6.04 Å². The van der Waals surface area contributed by atoms with E-state index in [0.29, 0.717) is 5.75 Å². The van der Waals surface area contributed by atoms with Crippen molar-refractivity contribution in [1.29, 1.82) is 0 Å². The van der Waals surface area contributed by atoms with Crippen molar-refractivity contribution in [1.82, 2.24) is 5.32 Å². The van der Waals surface area contributed by atoms with Crippen LogP contribution in [0, 0.1) is 0 Å². The summed E-state index contributed by atoms with van der Waals surface area (Å²) in [6, 6.07) is -0.205. The predicted molar refractivity (Wildman–Crippen MR) is 32.4 cm³/mol. The molecule has 2 nitrogen and oxygen atoms in total. The van der Waals surface area contributed by atoms with Crippen LogP contribution >= 0.6 is 12.6 Å². The van der Waals surface area contributed by atoms with E-state index in [1.165, 1.54) is 0 Å². The molecule has 0 aromatic rings. The predicted octanol–water partition coefficient (Wildman–Crippen LogP) is -0.386. The highest BCUT2D eigenvalue weighted by Gasteiger charge is 1.97. The quantitative estimate of drug-likeness (QED) is 0.494. The first-order chi connectivity index (χ1) is 3.35. The highest BCUT2D eigenvalue weighted by molar-refractivity contribution is 7.80. The molecule has 0 aliphatic carbocycles. The normalized spacial score (nSPS) is 13.4. The van der Waals surface area contributed by atoms with E-state index in [0.717, 1.165) is 0 Å². The molecule has 0 bridgehead atoms. The Hall–Kier alpha value is -0.0200. The summed E-state index contributed by atoms with van der Waals surface area (Å²) in [5.74, 6) is 0.514. The van der Waals surface area contributed by atoms with Crippen molar-refractivity contribution in [3.63, 3.8) is 0 Å². The standard InChI is InChI=1S/C4H8NOS/c1-5-4(2-6)3-7/h4-5,7H,3H2,1H3. The third-order valence-corrected chi connectivity index (χ3v) is 1.04. The van der Waals surface area contributed by atoms with Crippen LogP contribution in [0.5, 0.6) is 0 Å². The van der Waals surface area contributed by atoms with Gasteiger partial charge < -0.3 is 5.32 Å². The van der Waals surface area contributed by atoms with E-state index in [1.54, 1.807) is 13.3 Å². The molecule has 7 heavy (non-hydrogen) atoms. The van der Waals surface area contributed by atoms with Gasteiger partial charge in [-0.1, -0.05) is 0 Å². The molecule has 0 aliphatic heterocycles. The van der Waals surface area contributed by atoms with E-state index in [4.69, 9.17) is 0 Å². The van der Waals surface area contributed by atoms with Gasteiger partial charge in [0.05, 0.1) is 6.04 Å². The van der Waals surface area contributed by atoms with Crippen molar-refractivity contribution in [3.05, 3.63) is 0 Å². The van der Waals surface area contributed by atoms with Gasteiger partial charge in [0.25, 0.3) is 0 Å². The molecule has 0 saturated carbocycles. The summed E-state index contributed by atoms with van der Waals surface area (Å²) < 4.78 is 0. The molecule has 0 spiro atoms. The molecule has 0 rings (SSSR count). The molecular formula is C4H8NOS. The van der Waals surface area contributed by atoms with E-state index >= 15 is 0 Å². The first-order valence-corrected chi connectivity index (χ1v) is 2.64. The van der Waals surface area contributed by atoms with Gasteiger partial charge >= 0.3 is 0 Å². The summed E-state index contributed by atoms with van der Waals surface area (Å²) in [7, 11) is 1.70. The lowest BCUT2D eigenvalue weighted by Gasteiger charge is -1.99. The monoisotopic (exact) mass is 118 g/mol. The zero-order chi connectivity index (χ0) is 5.70. The number of hydrogen-bond acceptors (Lipinski definition) is 3. The number of likely N-dealkylation sites (N-methyl/N-ethyl adjacent to an activating group) is 1. The van der Waals surface area contributed by atoms with Gasteiger partial charge in [-0.3, -0.25) is 4.79 Å². The molecule has 1 N–H and O–H groups in total. The minimum absolute atomic E-state index is 0.205. The number of thiol groups is 1. The largest absolute Gasteiger partial charge is 0.309 e. The van der Waals surface area contributed by atoms with Crippen LogP contribution < -0.4 is 5.32 Å². The SMILES string of the molecule is CNC([C]=O)CS. The lowest BCUT2D eigenvalue weighted by atomic mass is 10.4. The molecule has 1 radical (unpaired) electrons. The summed E-state index contributed by atoms with van der Waals surface area (Å²) in [5.41, 5.74) is 0. The molecule has 0 amide bonds. The first kappa shape index (κ1) is 6.98. The third kappa shape index (κ3) is 2.65. The summed E-state index contributed by atoms with van der Waals surface area (Å²) >= 11 is 3.85. The molecule has 0 aliphatic rings. The first-order valence-electron chi connectivity index (χ1n) is 2.01. The summed E-state index contributed by atoms with van der Waals surface area (Å²) in [6.07, 6.45) is 1.76. The Morgan fingerprint density at radius 2 is 2.57 bits per heavy atom. The molecule has 1 atom stereocenters. The van der Waals surface area contributed by atoms with Crippen LogP contribution in [0.15, 0.2) is 0 Å². The summed E-state index contributed by atoms with van der Waals surface area (Å²) in [5, 5.41) is 2.70. The molecular weight excluding hydrogens is 110 g/mol. The molecule has 0 aromatic heterocycles. The Kier molecular flexibility index (Phi) is 4.14. The van der Waals surface area contributed by atoms with Gasteiger partial charge in [-0.05, 0) is 7.05 Å². The van der Waals surface area contributed by atoms with Gasteiger partial charge in [0.2, 0.25) is 6.29 Å². The maximum absolute atomic E-state index is 9.73. The second kappa shape index (κ2) is 4.15. The molecule has 41 valence electrons. The number of rotatable bonds is 3. The van der Waals surface area contributed by atoms with Crippen molar-refractivity contribution >= 4 is 18.9 Å². The smallest absolute Gasteiger partial charge is 0.217 e. The lowest BCUT2D eigenvalue weighted by molar-refractivity contribution is 0.536. The number of hydrogen-bond donors (Lipinski definition) is 2. The van der Waals surface area contributed by atoms with Crippen LogP contribution in [-0.4, -0.2) is 25.1 Å². The second-order valence-corrected chi connectivity index (χ2v) is 1.51. The van der Waals surface area contributed by atoms with Crippen LogP contribution in [0.25, 0.3) is 0 Å². The van der Waals surface area contributed by atoms with Crippen molar-refractivity contribution in [2.45, 2.75) is 6.04 Å². The van der Waals surface area contributed by atoms with Crippen molar-refractivity contribution in [3.8, 4) is 0 Å². The molecule has 0 fully saturated rings. The Morgan fingerprint density at radius 1 is 2.00 bits per heavy atom. The Labute approximate surface area is 48.7 Å². The van der Waals surface area contributed by atoms with Crippen LogP contribution in [0.4, 0.5) is 0 Å². The fourth-order valence-electron chi connectivity index (χ4n) is 0.187. The van der Waals surface area contributed by atoms with Crippen molar-refractivity contribution < 1.29 is 4.79 Å². The topological polar surface area (TPSA) is 29.1 Å². The average Bonchev–Trinajstić information content (AvgIpc) is 1.72. The minimum atomic E-state index is -0.205. The van der Waals surface area contributed by atoms with Gasteiger partial charge in [-0.2, -0.15) is 12.6 Å². The van der Waals surface area contributed by atoms with Gasteiger partial charge in [0.15, 0.2) is 0 Å². The zero-order valence-corrected chi connectivity index (χ0v) is 5.03.